The molecule has 0 aromatic heterocycles. The highest BCUT2D eigenvalue weighted by Crippen LogP contribution is 2.20. The number of nitrogens with zero attached hydrogens (tertiary/aromatic N) is 1. The molecule has 0 bridgehead atoms. The Morgan fingerprint density at radius 1 is 1.16 bits per heavy atom. The largest absolute Gasteiger partial charge is 0.341 e. The molecular weight excluding hydrogens is 321 g/mol. The van der Waals surface area contributed by atoms with Crippen LogP contribution in [0, 0.1) is 31.0 Å². The Labute approximate surface area is 145 Å². The van der Waals surface area contributed by atoms with E-state index < -0.39 is 17.6 Å². The van der Waals surface area contributed by atoms with Gasteiger partial charge in [-0.1, -0.05) is 18.2 Å². The first-order valence-corrected chi connectivity index (χ1v) is 7.71. The summed E-state index contributed by atoms with van der Waals surface area (Å²) in [7, 11) is 0. The zero-order valence-corrected chi connectivity index (χ0v) is 14.2. The average Bonchev–Trinajstić information content (AvgIpc) is 2.58. The number of carbonyl (C=O) groups is 2. The first-order chi connectivity index (χ1) is 11.8. The molecule has 0 radical (unpaired) electrons. The van der Waals surface area contributed by atoms with Gasteiger partial charge in [-0.25, -0.2) is 4.39 Å². The Kier molecular flexibility index (Phi) is 5.50. The number of hydrogen-bond acceptors (Lipinski definition) is 3. The van der Waals surface area contributed by atoms with Crippen LogP contribution in [0.1, 0.15) is 35.2 Å². The van der Waals surface area contributed by atoms with Crippen LogP contribution in [0.4, 0.5) is 10.1 Å². The van der Waals surface area contributed by atoms with Gasteiger partial charge in [-0.2, -0.15) is 5.26 Å². The summed E-state index contributed by atoms with van der Waals surface area (Å²) in [6.45, 7) is 5.72. The fourth-order valence-electron chi connectivity index (χ4n) is 2.46. The quantitative estimate of drug-likeness (QED) is 0.843. The zero-order chi connectivity index (χ0) is 18.6. The fourth-order valence-corrected chi connectivity index (χ4v) is 2.46. The number of carbonyl (C=O) groups excluding carboxylic acids is 2. The fraction of sp³-hybridized carbons (Fsp3) is 0.211. The molecule has 0 aliphatic carbocycles. The summed E-state index contributed by atoms with van der Waals surface area (Å²) in [4.78, 5) is 24.1. The minimum absolute atomic E-state index is 0.178. The third-order valence-electron chi connectivity index (χ3n) is 4.01. The van der Waals surface area contributed by atoms with Gasteiger partial charge in [0.05, 0.1) is 11.6 Å². The smallest absolute Gasteiger partial charge is 0.313 e. The van der Waals surface area contributed by atoms with E-state index in [1.165, 1.54) is 12.1 Å². The van der Waals surface area contributed by atoms with E-state index in [1.54, 1.807) is 13.0 Å². The number of rotatable bonds is 3. The van der Waals surface area contributed by atoms with Gasteiger partial charge in [0, 0.05) is 5.69 Å². The van der Waals surface area contributed by atoms with Crippen molar-refractivity contribution in [2.24, 2.45) is 0 Å². The summed E-state index contributed by atoms with van der Waals surface area (Å²) in [5.41, 5.74) is 3.04. The molecule has 2 aromatic carbocycles. The Bertz CT molecular complexity index is 871. The van der Waals surface area contributed by atoms with E-state index >= 15 is 0 Å². The van der Waals surface area contributed by atoms with E-state index in [0.717, 1.165) is 22.8 Å². The number of nitrogens with one attached hydrogen (secondary N) is 2. The number of anilines is 1. The van der Waals surface area contributed by atoms with Gasteiger partial charge in [-0.3, -0.25) is 9.59 Å². The molecule has 0 saturated carbocycles. The molecule has 0 unspecified atom stereocenters. The zero-order valence-electron chi connectivity index (χ0n) is 14.2. The highest BCUT2D eigenvalue weighted by molar-refractivity contribution is 6.39. The van der Waals surface area contributed by atoms with Crippen molar-refractivity contribution in [2.75, 3.05) is 5.32 Å². The number of nitriles is 1. The van der Waals surface area contributed by atoms with Crippen molar-refractivity contribution in [1.29, 1.82) is 5.26 Å². The summed E-state index contributed by atoms with van der Waals surface area (Å²) in [6, 6.07) is 10.6. The van der Waals surface area contributed by atoms with Crippen LogP contribution in [0.15, 0.2) is 36.4 Å². The predicted octanol–water partition coefficient (Wildman–Crippen LogP) is 3.13. The van der Waals surface area contributed by atoms with Crippen molar-refractivity contribution in [3.8, 4) is 6.07 Å². The van der Waals surface area contributed by atoms with E-state index in [0.29, 0.717) is 0 Å². The molecule has 0 fully saturated rings. The Morgan fingerprint density at radius 2 is 1.88 bits per heavy atom. The van der Waals surface area contributed by atoms with Gasteiger partial charge in [0.2, 0.25) is 0 Å². The maximum Gasteiger partial charge on any atom is 0.313 e. The van der Waals surface area contributed by atoms with Crippen molar-refractivity contribution >= 4 is 17.5 Å². The number of aryl methyl sites for hydroxylation is 1. The normalized spacial score (nSPS) is 11.3. The van der Waals surface area contributed by atoms with Crippen molar-refractivity contribution < 1.29 is 14.0 Å². The molecule has 2 amide bonds. The molecule has 1 atom stereocenters. The van der Waals surface area contributed by atoms with Gasteiger partial charge in [0.15, 0.2) is 0 Å². The summed E-state index contributed by atoms with van der Waals surface area (Å²) in [6.07, 6.45) is 0. The van der Waals surface area contributed by atoms with Crippen molar-refractivity contribution in [1.82, 2.24) is 5.32 Å². The molecule has 128 valence electrons. The lowest BCUT2D eigenvalue weighted by Gasteiger charge is -2.17. The average molecular weight is 339 g/mol. The van der Waals surface area contributed by atoms with Crippen LogP contribution in [0.3, 0.4) is 0 Å². The van der Waals surface area contributed by atoms with Gasteiger partial charge in [0.1, 0.15) is 11.9 Å². The minimum atomic E-state index is -0.882. The summed E-state index contributed by atoms with van der Waals surface area (Å²) >= 11 is 0. The van der Waals surface area contributed by atoms with Crippen molar-refractivity contribution in [2.45, 2.75) is 26.8 Å². The van der Waals surface area contributed by atoms with Crippen LogP contribution in [-0.4, -0.2) is 11.8 Å². The molecule has 25 heavy (non-hydrogen) atoms. The molecule has 0 aliphatic rings. The second-order valence-electron chi connectivity index (χ2n) is 5.74. The van der Waals surface area contributed by atoms with Crippen LogP contribution < -0.4 is 10.6 Å². The molecule has 6 heteroatoms. The summed E-state index contributed by atoms with van der Waals surface area (Å²) < 4.78 is 13.3. The highest BCUT2D eigenvalue weighted by Gasteiger charge is 2.19. The first-order valence-electron chi connectivity index (χ1n) is 7.71. The van der Waals surface area contributed by atoms with Gasteiger partial charge >= 0.3 is 11.8 Å². The van der Waals surface area contributed by atoms with Crippen LogP contribution in [0.25, 0.3) is 0 Å². The second kappa shape index (κ2) is 7.58. The summed E-state index contributed by atoms with van der Waals surface area (Å²) in [5.74, 6) is -2.38. The molecule has 0 heterocycles. The number of halogens is 1. The molecular formula is C19H18FN3O2. The summed E-state index contributed by atoms with van der Waals surface area (Å²) in [5, 5.41) is 13.8. The highest BCUT2D eigenvalue weighted by atomic mass is 19.1. The lowest BCUT2D eigenvalue weighted by molar-refractivity contribution is -0.136. The standard InChI is InChI=1S/C19H18FN3O2/c1-11-5-4-6-16(12(11)2)13(3)22-18(24)19(25)23-15-7-8-17(20)14(9-15)10-21/h4-9,13H,1-3H3,(H,22,24)(H,23,25)/t13-/m0/s1. The first kappa shape index (κ1) is 18.1. The van der Waals surface area contributed by atoms with E-state index in [4.69, 9.17) is 5.26 Å². The van der Waals surface area contributed by atoms with E-state index in [2.05, 4.69) is 10.6 Å². The lowest BCUT2D eigenvalue weighted by atomic mass is 9.98. The number of hydrogen-bond donors (Lipinski definition) is 2. The van der Waals surface area contributed by atoms with Gasteiger partial charge in [-0.05, 0) is 55.7 Å². The predicted molar refractivity (Wildman–Crippen MR) is 92.2 cm³/mol. The van der Waals surface area contributed by atoms with Crippen molar-refractivity contribution in [3.05, 3.63) is 64.5 Å². The SMILES string of the molecule is Cc1cccc([C@H](C)NC(=O)C(=O)Nc2ccc(F)c(C#N)c2)c1C. The van der Waals surface area contributed by atoms with Gasteiger partial charge < -0.3 is 10.6 Å². The molecule has 2 aromatic rings. The second-order valence-corrected chi connectivity index (χ2v) is 5.74. The minimum Gasteiger partial charge on any atom is -0.341 e. The molecule has 0 spiro atoms. The monoisotopic (exact) mass is 339 g/mol. The number of benzene rings is 2. The molecule has 2 rings (SSSR count). The Hall–Kier alpha value is -3.20. The van der Waals surface area contributed by atoms with Crippen LogP contribution >= 0.6 is 0 Å². The number of amides is 2. The molecule has 0 aliphatic heterocycles. The Morgan fingerprint density at radius 3 is 2.56 bits per heavy atom. The third kappa shape index (κ3) is 4.21. The van der Waals surface area contributed by atoms with E-state index in [1.807, 2.05) is 32.0 Å². The van der Waals surface area contributed by atoms with Crippen LogP contribution in [0.2, 0.25) is 0 Å². The van der Waals surface area contributed by atoms with Crippen LogP contribution in [0.5, 0.6) is 0 Å². The molecule has 0 saturated heterocycles. The topological polar surface area (TPSA) is 82.0 Å². The third-order valence-corrected chi connectivity index (χ3v) is 4.01. The van der Waals surface area contributed by atoms with Gasteiger partial charge in [0.25, 0.3) is 0 Å². The van der Waals surface area contributed by atoms with Crippen molar-refractivity contribution in [3.63, 3.8) is 0 Å². The van der Waals surface area contributed by atoms with Gasteiger partial charge in [-0.15, -0.1) is 0 Å². The molecule has 5 nitrogen and oxygen atoms in total. The Balaban J connectivity index is 2.06. The lowest BCUT2D eigenvalue weighted by Crippen LogP contribution is -2.37. The molecule has 2 N–H and O–H groups in total. The maximum absolute atomic E-state index is 13.3. The van der Waals surface area contributed by atoms with Crippen LogP contribution in [-0.2, 0) is 9.59 Å². The maximum atomic E-state index is 13.3. The van der Waals surface area contributed by atoms with E-state index in [-0.39, 0.29) is 17.3 Å². The van der Waals surface area contributed by atoms with E-state index in [9.17, 15) is 14.0 Å².